The highest BCUT2D eigenvalue weighted by Gasteiger charge is 2.37. The summed E-state index contributed by atoms with van der Waals surface area (Å²) < 4.78 is 12.9. The van der Waals surface area contributed by atoms with Crippen LogP contribution in [0.3, 0.4) is 0 Å². The number of benzene rings is 2. The number of aryl methyl sites for hydroxylation is 1. The number of carbonyl (C=O) groups excluding carboxylic acids is 2. The Morgan fingerprint density at radius 2 is 1.92 bits per heavy atom. The Kier molecular flexibility index (Phi) is 5.57. The number of anilines is 1. The van der Waals surface area contributed by atoms with Gasteiger partial charge in [-0.25, -0.2) is 4.39 Å². The summed E-state index contributed by atoms with van der Waals surface area (Å²) in [7, 11) is 1.66. The maximum absolute atomic E-state index is 12.9. The molecule has 0 N–H and O–H groups in total. The molecular weight excluding hydrogens is 355 g/mol. The lowest BCUT2D eigenvalue weighted by molar-refractivity contribution is -0.136. The van der Waals surface area contributed by atoms with E-state index in [0.717, 1.165) is 5.56 Å². The summed E-state index contributed by atoms with van der Waals surface area (Å²) in [6.07, 6.45) is 1.36. The summed E-state index contributed by atoms with van der Waals surface area (Å²) in [6.45, 7) is 0.531. The molecule has 6 heteroatoms. The SMILES string of the molecule is CN(C(=O)CCc1ccc(F)cc1)C1CCN(c2ccccc2Cl)C1=O. The zero-order valence-electron chi connectivity index (χ0n) is 14.5. The highest BCUT2D eigenvalue weighted by atomic mass is 35.5. The van der Waals surface area contributed by atoms with Gasteiger partial charge in [0, 0.05) is 20.0 Å². The molecule has 0 radical (unpaired) electrons. The van der Waals surface area contributed by atoms with Gasteiger partial charge in [0.15, 0.2) is 0 Å². The Balaban J connectivity index is 1.61. The number of para-hydroxylation sites is 1. The summed E-state index contributed by atoms with van der Waals surface area (Å²) >= 11 is 6.19. The van der Waals surface area contributed by atoms with Gasteiger partial charge in [-0.15, -0.1) is 0 Å². The Morgan fingerprint density at radius 1 is 1.23 bits per heavy atom. The standard InChI is InChI=1S/C20H20ClFN2O2/c1-23(19(25)11-8-14-6-9-15(22)10-7-14)18-12-13-24(20(18)26)17-5-3-2-4-16(17)21/h2-7,9-10,18H,8,11-13H2,1H3. The van der Waals surface area contributed by atoms with Gasteiger partial charge in [-0.3, -0.25) is 9.59 Å². The molecule has 3 rings (SSSR count). The predicted molar refractivity (Wildman–Crippen MR) is 99.7 cm³/mol. The van der Waals surface area contributed by atoms with Crippen molar-refractivity contribution in [2.45, 2.75) is 25.3 Å². The second kappa shape index (κ2) is 7.87. The zero-order chi connectivity index (χ0) is 18.7. The van der Waals surface area contributed by atoms with E-state index < -0.39 is 6.04 Å². The van der Waals surface area contributed by atoms with E-state index in [1.165, 1.54) is 17.0 Å². The molecule has 1 fully saturated rings. The molecule has 2 aromatic carbocycles. The minimum absolute atomic E-state index is 0.103. The number of amides is 2. The van der Waals surface area contributed by atoms with Gasteiger partial charge in [0.1, 0.15) is 11.9 Å². The van der Waals surface area contributed by atoms with Gasteiger partial charge in [-0.05, 0) is 42.7 Å². The first-order valence-electron chi connectivity index (χ1n) is 8.53. The van der Waals surface area contributed by atoms with Gasteiger partial charge in [0.05, 0.1) is 10.7 Å². The molecule has 1 atom stereocenters. The smallest absolute Gasteiger partial charge is 0.249 e. The molecule has 1 saturated heterocycles. The molecule has 4 nitrogen and oxygen atoms in total. The summed E-state index contributed by atoms with van der Waals surface area (Å²) in [4.78, 5) is 28.4. The lowest BCUT2D eigenvalue weighted by atomic mass is 10.1. The quantitative estimate of drug-likeness (QED) is 0.801. The first kappa shape index (κ1) is 18.4. The van der Waals surface area contributed by atoms with Crippen LogP contribution in [0.4, 0.5) is 10.1 Å². The van der Waals surface area contributed by atoms with E-state index in [1.54, 1.807) is 36.2 Å². The largest absolute Gasteiger partial charge is 0.334 e. The normalized spacial score (nSPS) is 16.8. The molecule has 1 heterocycles. The Labute approximate surface area is 157 Å². The second-order valence-corrected chi connectivity index (χ2v) is 6.78. The summed E-state index contributed by atoms with van der Waals surface area (Å²) in [5, 5.41) is 0.520. The highest BCUT2D eigenvalue weighted by molar-refractivity contribution is 6.34. The van der Waals surface area contributed by atoms with Gasteiger partial charge >= 0.3 is 0 Å². The molecule has 2 aromatic rings. The Morgan fingerprint density at radius 3 is 2.62 bits per heavy atom. The number of likely N-dealkylation sites (N-methyl/N-ethyl adjacent to an activating group) is 1. The number of nitrogens with zero attached hydrogens (tertiary/aromatic N) is 2. The van der Waals surface area contributed by atoms with Crippen LogP contribution in [-0.2, 0) is 16.0 Å². The van der Waals surface area contributed by atoms with Crippen LogP contribution in [0.15, 0.2) is 48.5 Å². The van der Waals surface area contributed by atoms with Crippen LogP contribution in [0.25, 0.3) is 0 Å². The fraction of sp³-hybridized carbons (Fsp3) is 0.300. The van der Waals surface area contributed by atoms with Crippen molar-refractivity contribution in [2.75, 3.05) is 18.5 Å². The maximum atomic E-state index is 12.9. The predicted octanol–water partition coefficient (Wildman–Crippen LogP) is 3.68. The number of hydrogen-bond acceptors (Lipinski definition) is 2. The lowest BCUT2D eigenvalue weighted by Gasteiger charge is -2.24. The van der Waals surface area contributed by atoms with Crippen molar-refractivity contribution in [3.05, 3.63) is 64.9 Å². The summed E-state index contributed by atoms with van der Waals surface area (Å²) in [5.74, 6) is -0.516. The average molecular weight is 375 g/mol. The maximum Gasteiger partial charge on any atom is 0.249 e. The van der Waals surface area contributed by atoms with Gasteiger partial charge < -0.3 is 9.80 Å². The van der Waals surface area contributed by atoms with Gasteiger partial charge in [0.2, 0.25) is 11.8 Å². The van der Waals surface area contributed by atoms with Crippen molar-refractivity contribution in [2.24, 2.45) is 0 Å². The summed E-state index contributed by atoms with van der Waals surface area (Å²) in [5.41, 5.74) is 1.57. The number of halogens is 2. The fourth-order valence-corrected chi connectivity index (χ4v) is 3.42. The Bertz CT molecular complexity index is 810. The first-order valence-corrected chi connectivity index (χ1v) is 8.91. The molecule has 1 aliphatic rings. The minimum atomic E-state index is -0.480. The number of rotatable bonds is 5. The van der Waals surface area contributed by atoms with Crippen LogP contribution in [0.5, 0.6) is 0 Å². The van der Waals surface area contributed by atoms with E-state index in [9.17, 15) is 14.0 Å². The number of hydrogen-bond donors (Lipinski definition) is 0. The van der Waals surface area contributed by atoms with E-state index in [-0.39, 0.29) is 24.1 Å². The van der Waals surface area contributed by atoms with Gasteiger partial charge in [0.25, 0.3) is 0 Å². The zero-order valence-corrected chi connectivity index (χ0v) is 15.2. The molecule has 2 amide bonds. The van der Waals surface area contributed by atoms with Crippen LogP contribution < -0.4 is 4.90 Å². The number of carbonyl (C=O) groups is 2. The van der Waals surface area contributed by atoms with Gasteiger partial charge in [-0.2, -0.15) is 0 Å². The fourth-order valence-electron chi connectivity index (χ4n) is 3.19. The van der Waals surface area contributed by atoms with Crippen molar-refractivity contribution < 1.29 is 14.0 Å². The van der Waals surface area contributed by atoms with E-state index in [1.807, 2.05) is 12.1 Å². The average Bonchev–Trinajstić information content (AvgIpc) is 3.02. The molecule has 0 aliphatic carbocycles. The molecule has 26 heavy (non-hydrogen) atoms. The summed E-state index contributed by atoms with van der Waals surface area (Å²) in [6, 6.07) is 12.8. The molecule has 0 saturated carbocycles. The minimum Gasteiger partial charge on any atom is -0.334 e. The third kappa shape index (κ3) is 3.88. The third-order valence-corrected chi connectivity index (χ3v) is 5.04. The van der Waals surface area contributed by atoms with Crippen molar-refractivity contribution in [3.63, 3.8) is 0 Å². The third-order valence-electron chi connectivity index (χ3n) is 4.72. The van der Waals surface area contributed by atoms with Crippen LogP contribution in [0.1, 0.15) is 18.4 Å². The molecular formula is C20H20ClFN2O2. The van der Waals surface area contributed by atoms with Crippen molar-refractivity contribution in [3.8, 4) is 0 Å². The van der Waals surface area contributed by atoms with Crippen molar-refractivity contribution in [1.82, 2.24) is 4.90 Å². The van der Waals surface area contributed by atoms with Crippen LogP contribution in [-0.4, -0.2) is 36.3 Å². The molecule has 0 spiro atoms. The molecule has 0 bridgehead atoms. The van der Waals surface area contributed by atoms with E-state index in [2.05, 4.69) is 0 Å². The topological polar surface area (TPSA) is 40.6 Å². The van der Waals surface area contributed by atoms with Crippen LogP contribution >= 0.6 is 11.6 Å². The molecule has 136 valence electrons. The van der Waals surface area contributed by atoms with E-state index in [0.29, 0.717) is 30.1 Å². The van der Waals surface area contributed by atoms with Crippen molar-refractivity contribution >= 4 is 29.1 Å². The van der Waals surface area contributed by atoms with E-state index >= 15 is 0 Å². The molecule has 1 unspecified atom stereocenters. The highest BCUT2D eigenvalue weighted by Crippen LogP contribution is 2.30. The second-order valence-electron chi connectivity index (χ2n) is 6.38. The molecule has 1 aliphatic heterocycles. The molecule has 0 aromatic heterocycles. The lowest BCUT2D eigenvalue weighted by Crippen LogP contribution is -2.43. The van der Waals surface area contributed by atoms with Gasteiger partial charge in [-0.1, -0.05) is 35.9 Å². The first-order chi connectivity index (χ1) is 12.5. The van der Waals surface area contributed by atoms with Crippen LogP contribution in [0, 0.1) is 5.82 Å². The van der Waals surface area contributed by atoms with Crippen LogP contribution in [0.2, 0.25) is 5.02 Å². The monoisotopic (exact) mass is 374 g/mol. The van der Waals surface area contributed by atoms with E-state index in [4.69, 9.17) is 11.6 Å². The Hall–Kier alpha value is -2.40. The van der Waals surface area contributed by atoms with Crippen molar-refractivity contribution in [1.29, 1.82) is 0 Å².